The van der Waals surface area contributed by atoms with Gasteiger partial charge in [-0.05, 0) is 94.1 Å². The summed E-state index contributed by atoms with van der Waals surface area (Å²) in [6.07, 6.45) is 11.2. The highest BCUT2D eigenvalue weighted by atomic mass is 35.5. The van der Waals surface area contributed by atoms with Crippen LogP contribution in [0.5, 0.6) is 11.5 Å². The Bertz CT molecular complexity index is 2310. The van der Waals surface area contributed by atoms with Gasteiger partial charge in [0.2, 0.25) is 0 Å². The zero-order chi connectivity index (χ0) is 43.0. The molecule has 0 saturated heterocycles. The molecule has 1 aliphatic heterocycles. The summed E-state index contributed by atoms with van der Waals surface area (Å²) in [4.78, 5) is 18.6. The van der Waals surface area contributed by atoms with E-state index < -0.39 is 11.6 Å². The first-order valence-corrected chi connectivity index (χ1v) is 20.5. The molecule has 0 spiro atoms. The molecule has 0 saturated carbocycles. The lowest BCUT2D eigenvalue weighted by Gasteiger charge is -2.28. The van der Waals surface area contributed by atoms with Crippen LogP contribution in [0.2, 0.25) is 20.1 Å². The third-order valence-corrected chi connectivity index (χ3v) is 11.9. The monoisotopic (exact) mass is 876 g/mol. The fourth-order valence-corrected chi connectivity index (χ4v) is 8.30. The van der Waals surface area contributed by atoms with Crippen molar-refractivity contribution in [2.75, 3.05) is 50.2 Å². The molecule has 306 valence electrons. The highest BCUT2D eigenvalue weighted by molar-refractivity contribution is 6.53. The molecule has 5 aromatic rings. The summed E-state index contributed by atoms with van der Waals surface area (Å²) in [5.41, 5.74) is 5.20. The summed E-state index contributed by atoms with van der Waals surface area (Å²) >= 11 is 27.5. The number of ether oxygens (including phenoxy) is 3. The topological polar surface area (TPSA) is 51.2 Å². The van der Waals surface area contributed by atoms with Gasteiger partial charge in [0.15, 0.2) is 5.60 Å². The molecule has 60 heavy (non-hydrogen) atoms. The average molecular weight is 879 g/mol. The highest BCUT2D eigenvalue weighted by Gasteiger charge is 2.48. The number of halogens is 4. The van der Waals surface area contributed by atoms with Gasteiger partial charge < -0.3 is 24.0 Å². The Morgan fingerprint density at radius 1 is 0.550 bits per heavy atom. The molecule has 1 heterocycles. The van der Waals surface area contributed by atoms with Crippen molar-refractivity contribution in [3.05, 3.63) is 213 Å². The number of benzene rings is 5. The van der Waals surface area contributed by atoms with Crippen molar-refractivity contribution < 1.29 is 19.0 Å². The Hall–Kier alpha value is -5.63. The van der Waals surface area contributed by atoms with Crippen LogP contribution in [-0.2, 0) is 10.3 Å². The van der Waals surface area contributed by atoms with Crippen LogP contribution in [-0.4, -0.2) is 46.4 Å². The molecule has 0 bridgehead atoms. The van der Waals surface area contributed by atoms with Crippen molar-refractivity contribution in [3.63, 3.8) is 0 Å². The van der Waals surface area contributed by atoms with Crippen LogP contribution in [0.3, 0.4) is 0 Å². The minimum Gasteiger partial charge on any atom is -0.497 e. The van der Waals surface area contributed by atoms with Crippen LogP contribution in [0.15, 0.2) is 160 Å². The maximum atomic E-state index is 14.3. The molecular formula is C50H44Cl4N2O4. The summed E-state index contributed by atoms with van der Waals surface area (Å²) < 4.78 is 17.6. The Kier molecular flexibility index (Phi) is 14.4. The molecule has 5 aromatic carbocycles. The van der Waals surface area contributed by atoms with Gasteiger partial charge in [0, 0.05) is 43.1 Å². The maximum Gasteiger partial charge on any atom is 0.341 e. The van der Waals surface area contributed by atoms with Gasteiger partial charge in [0.25, 0.3) is 0 Å². The van der Waals surface area contributed by atoms with E-state index in [1.807, 2.05) is 134 Å². The van der Waals surface area contributed by atoms with Gasteiger partial charge in [-0.3, -0.25) is 0 Å². The lowest BCUT2D eigenvalue weighted by molar-refractivity contribution is 0.0300. The number of methoxy groups -OCH3 is 2. The van der Waals surface area contributed by atoms with Crippen molar-refractivity contribution in [2.45, 2.75) is 5.60 Å². The Morgan fingerprint density at radius 3 is 1.22 bits per heavy atom. The number of esters is 1. The molecule has 10 heteroatoms. The quantitative estimate of drug-likeness (QED) is 0.0378. The van der Waals surface area contributed by atoms with E-state index in [9.17, 15) is 4.79 Å². The first kappa shape index (κ1) is 43.9. The molecule has 6 nitrogen and oxygen atoms in total. The van der Waals surface area contributed by atoms with Crippen LogP contribution >= 0.6 is 46.4 Å². The predicted molar refractivity (Wildman–Crippen MR) is 252 cm³/mol. The van der Waals surface area contributed by atoms with Gasteiger partial charge in [-0.2, -0.15) is 0 Å². The van der Waals surface area contributed by atoms with Crippen molar-refractivity contribution in [3.8, 4) is 11.5 Å². The van der Waals surface area contributed by atoms with Crippen molar-refractivity contribution in [1.29, 1.82) is 0 Å². The second-order valence-corrected chi connectivity index (χ2v) is 15.3. The van der Waals surface area contributed by atoms with Crippen molar-refractivity contribution in [1.82, 2.24) is 0 Å². The number of hydrogen-bond donors (Lipinski definition) is 0. The first-order valence-electron chi connectivity index (χ1n) is 19.0. The number of rotatable bonds is 18. The molecule has 0 N–H and O–H groups in total. The van der Waals surface area contributed by atoms with E-state index in [-0.39, 0.29) is 31.2 Å². The Balaban J connectivity index is 1.70. The highest BCUT2D eigenvalue weighted by Crippen LogP contribution is 2.53. The van der Waals surface area contributed by atoms with Gasteiger partial charge in [-0.25, -0.2) is 4.79 Å². The fourth-order valence-electron chi connectivity index (χ4n) is 7.22. The summed E-state index contributed by atoms with van der Waals surface area (Å²) in [6.45, 7) is 18.2. The Morgan fingerprint density at radius 2 is 0.883 bits per heavy atom. The molecular weight excluding hydrogens is 834 g/mol. The normalized spacial score (nSPS) is 14.8. The van der Waals surface area contributed by atoms with Crippen LogP contribution in [0.1, 0.15) is 38.2 Å². The standard InChI is InChI=1S/C50H44Cl4N2O4/c1-7-27-55(28-8-2)37-19-11-33(12-20-37)41(35-15-23-39(58-5)24-16-35)31-50(44-43(49(57)60-50)45(51)47(53)48(54)46(44)52)32-42(36-17-25-40(59-6)26-18-36)34-13-21-38(22-14-34)56(29-9-3)30-10-4/h7-26,31-32H,1-4,27-30H2,5-6H3/b41-31-,42-32-. The van der Waals surface area contributed by atoms with Crippen LogP contribution in [0, 0.1) is 0 Å². The maximum absolute atomic E-state index is 14.3. The van der Waals surface area contributed by atoms with Crippen molar-refractivity contribution >= 4 is 74.9 Å². The number of nitrogens with zero attached hydrogens (tertiary/aromatic N) is 2. The SMILES string of the molecule is C=CCN(CC=C)c1ccc(/C(=C/C2(/C=C(\c3ccc(OC)cc3)c3ccc(N(CC=C)CC=C)cc3)OC(=O)c3c(Cl)c(Cl)c(Cl)c(Cl)c32)c2ccc(OC)cc2)cc1. The van der Waals surface area contributed by atoms with E-state index >= 15 is 0 Å². The van der Waals surface area contributed by atoms with Gasteiger partial charge in [-0.1, -0.05) is 119 Å². The van der Waals surface area contributed by atoms with E-state index in [4.69, 9.17) is 60.6 Å². The second-order valence-electron chi connectivity index (χ2n) is 13.8. The predicted octanol–water partition coefficient (Wildman–Crippen LogP) is 13.3. The van der Waals surface area contributed by atoms with E-state index in [1.165, 1.54) is 0 Å². The van der Waals surface area contributed by atoms with E-state index in [0.29, 0.717) is 48.8 Å². The fraction of sp³-hybridized carbons (Fsp3) is 0.140. The second kappa shape index (κ2) is 19.6. The number of cyclic esters (lactones) is 1. The first-order chi connectivity index (χ1) is 29.0. The average Bonchev–Trinajstić information content (AvgIpc) is 3.57. The number of carbonyl (C=O) groups excluding carboxylic acids is 1. The number of fused-ring (bicyclic) bond motifs is 1. The molecule has 0 radical (unpaired) electrons. The van der Waals surface area contributed by atoms with E-state index in [0.717, 1.165) is 33.6 Å². The lowest BCUT2D eigenvalue weighted by atomic mass is 9.83. The molecule has 0 aromatic heterocycles. The van der Waals surface area contributed by atoms with Gasteiger partial charge in [0.1, 0.15) is 11.5 Å². The van der Waals surface area contributed by atoms with E-state index in [1.54, 1.807) is 14.2 Å². The number of carbonyl (C=O) groups is 1. The zero-order valence-corrected chi connectivity index (χ0v) is 36.4. The van der Waals surface area contributed by atoms with Gasteiger partial charge >= 0.3 is 5.97 Å². The molecule has 0 aliphatic carbocycles. The van der Waals surface area contributed by atoms with Gasteiger partial charge in [0.05, 0.1) is 39.9 Å². The molecule has 0 fully saturated rings. The van der Waals surface area contributed by atoms with Crippen LogP contribution in [0.4, 0.5) is 11.4 Å². The largest absolute Gasteiger partial charge is 0.497 e. The summed E-state index contributed by atoms with van der Waals surface area (Å²) in [6, 6.07) is 31.5. The third-order valence-electron chi connectivity index (χ3n) is 10.1. The molecule has 6 rings (SSSR count). The molecule has 1 aliphatic rings. The Labute approximate surface area is 372 Å². The summed E-state index contributed by atoms with van der Waals surface area (Å²) in [7, 11) is 3.23. The smallest absolute Gasteiger partial charge is 0.341 e. The van der Waals surface area contributed by atoms with Crippen molar-refractivity contribution in [2.24, 2.45) is 0 Å². The van der Waals surface area contributed by atoms with Crippen LogP contribution < -0.4 is 19.3 Å². The molecule has 0 amide bonds. The minimum absolute atomic E-state index is 0.00804. The third kappa shape index (κ3) is 9.08. The van der Waals surface area contributed by atoms with E-state index in [2.05, 4.69) is 36.1 Å². The molecule has 0 atom stereocenters. The number of hydrogen-bond acceptors (Lipinski definition) is 6. The molecule has 0 unspecified atom stereocenters. The number of anilines is 2. The zero-order valence-electron chi connectivity index (χ0n) is 33.4. The minimum atomic E-state index is -1.70. The van der Waals surface area contributed by atoms with Gasteiger partial charge in [-0.15, -0.1) is 26.3 Å². The van der Waals surface area contributed by atoms with Crippen LogP contribution in [0.25, 0.3) is 11.1 Å². The summed E-state index contributed by atoms with van der Waals surface area (Å²) in [5, 5.41) is -0.0880. The lowest BCUT2D eigenvalue weighted by Crippen LogP contribution is -2.24. The summed E-state index contributed by atoms with van der Waals surface area (Å²) in [5.74, 6) is 0.628.